The standard InChI is InChI=1S/C16H21ClN2/c1-2-19-15(11-18-14-5-3-4-6-14)9-12-7-8-13(17)10-16(12)19/h7-10,14,18H,2-6,11H2,1H3. The highest BCUT2D eigenvalue weighted by Gasteiger charge is 2.15. The van der Waals surface area contributed by atoms with Crippen molar-refractivity contribution in [2.75, 3.05) is 0 Å². The van der Waals surface area contributed by atoms with Crippen molar-refractivity contribution in [1.29, 1.82) is 0 Å². The highest BCUT2D eigenvalue weighted by molar-refractivity contribution is 6.31. The van der Waals surface area contributed by atoms with E-state index in [0.717, 1.165) is 18.1 Å². The SMILES string of the molecule is CCn1c(CNC2CCCC2)cc2ccc(Cl)cc21. The molecule has 0 amide bonds. The average molecular weight is 277 g/mol. The second kappa shape index (κ2) is 5.56. The molecular weight excluding hydrogens is 256 g/mol. The van der Waals surface area contributed by atoms with Gasteiger partial charge in [-0.15, -0.1) is 0 Å². The number of hydrogen-bond donors (Lipinski definition) is 1. The van der Waals surface area contributed by atoms with Crippen LogP contribution in [0.25, 0.3) is 10.9 Å². The van der Waals surface area contributed by atoms with Gasteiger partial charge in [-0.25, -0.2) is 0 Å². The number of benzene rings is 1. The molecule has 0 spiro atoms. The van der Waals surface area contributed by atoms with Gasteiger partial charge in [0.25, 0.3) is 0 Å². The Bertz CT molecular complexity index is 567. The highest BCUT2D eigenvalue weighted by atomic mass is 35.5. The van der Waals surface area contributed by atoms with Crippen LogP contribution in [0, 0.1) is 0 Å². The van der Waals surface area contributed by atoms with Gasteiger partial charge < -0.3 is 9.88 Å². The molecule has 3 rings (SSSR count). The minimum absolute atomic E-state index is 0.715. The number of rotatable bonds is 4. The zero-order valence-corrected chi connectivity index (χ0v) is 12.2. The molecule has 2 nitrogen and oxygen atoms in total. The van der Waals surface area contributed by atoms with Crippen molar-refractivity contribution >= 4 is 22.5 Å². The van der Waals surface area contributed by atoms with Gasteiger partial charge in [-0.2, -0.15) is 0 Å². The molecule has 1 aromatic carbocycles. The zero-order valence-electron chi connectivity index (χ0n) is 11.5. The Hall–Kier alpha value is -0.990. The van der Waals surface area contributed by atoms with Crippen LogP contribution in [0.1, 0.15) is 38.3 Å². The lowest BCUT2D eigenvalue weighted by Gasteiger charge is -2.13. The van der Waals surface area contributed by atoms with Gasteiger partial charge in [0.2, 0.25) is 0 Å². The number of fused-ring (bicyclic) bond motifs is 1. The van der Waals surface area contributed by atoms with Crippen molar-refractivity contribution in [3.63, 3.8) is 0 Å². The summed E-state index contributed by atoms with van der Waals surface area (Å²) in [6.45, 7) is 4.15. The first kappa shape index (κ1) is 13.0. The second-order valence-electron chi connectivity index (χ2n) is 5.45. The Morgan fingerprint density at radius 1 is 1.26 bits per heavy atom. The predicted molar refractivity (Wildman–Crippen MR) is 81.7 cm³/mol. The van der Waals surface area contributed by atoms with E-state index in [0.29, 0.717) is 6.04 Å². The molecule has 1 fully saturated rings. The lowest BCUT2D eigenvalue weighted by molar-refractivity contribution is 0.510. The number of nitrogens with zero attached hydrogens (tertiary/aromatic N) is 1. The second-order valence-corrected chi connectivity index (χ2v) is 5.88. The lowest BCUT2D eigenvalue weighted by Crippen LogP contribution is -2.26. The minimum atomic E-state index is 0.715. The maximum absolute atomic E-state index is 6.11. The molecule has 0 atom stereocenters. The van der Waals surface area contributed by atoms with E-state index in [-0.39, 0.29) is 0 Å². The molecule has 102 valence electrons. The van der Waals surface area contributed by atoms with Crippen molar-refractivity contribution in [1.82, 2.24) is 9.88 Å². The van der Waals surface area contributed by atoms with E-state index in [1.807, 2.05) is 6.07 Å². The summed E-state index contributed by atoms with van der Waals surface area (Å²) in [5, 5.41) is 5.80. The summed E-state index contributed by atoms with van der Waals surface area (Å²) in [5.74, 6) is 0. The molecule has 3 heteroatoms. The van der Waals surface area contributed by atoms with Crippen LogP contribution in [0.2, 0.25) is 5.02 Å². The van der Waals surface area contributed by atoms with Crippen LogP contribution in [-0.2, 0) is 13.1 Å². The Kier molecular flexibility index (Phi) is 3.81. The number of halogens is 1. The summed E-state index contributed by atoms with van der Waals surface area (Å²) in [6.07, 6.45) is 5.42. The first-order valence-corrected chi connectivity index (χ1v) is 7.67. The van der Waals surface area contributed by atoms with Crippen molar-refractivity contribution in [3.05, 3.63) is 35.0 Å². The van der Waals surface area contributed by atoms with Crippen LogP contribution in [0.4, 0.5) is 0 Å². The fourth-order valence-electron chi connectivity index (χ4n) is 3.18. The maximum atomic E-state index is 6.11. The van der Waals surface area contributed by atoms with Crippen LogP contribution in [-0.4, -0.2) is 10.6 Å². The first-order valence-electron chi connectivity index (χ1n) is 7.29. The molecule has 2 aromatic rings. The molecule has 1 N–H and O–H groups in total. The van der Waals surface area contributed by atoms with Crippen LogP contribution in [0.15, 0.2) is 24.3 Å². The van der Waals surface area contributed by atoms with Gasteiger partial charge in [-0.1, -0.05) is 30.5 Å². The summed E-state index contributed by atoms with van der Waals surface area (Å²) in [6, 6.07) is 9.16. The fourth-order valence-corrected chi connectivity index (χ4v) is 3.35. The number of nitrogens with one attached hydrogen (secondary N) is 1. The van der Waals surface area contributed by atoms with Crippen molar-refractivity contribution < 1.29 is 0 Å². The van der Waals surface area contributed by atoms with Gasteiger partial charge >= 0.3 is 0 Å². The summed E-state index contributed by atoms with van der Waals surface area (Å²) in [4.78, 5) is 0. The molecule has 1 saturated carbocycles. The summed E-state index contributed by atoms with van der Waals surface area (Å²) in [7, 11) is 0. The van der Waals surface area contributed by atoms with Gasteiger partial charge in [0.15, 0.2) is 0 Å². The van der Waals surface area contributed by atoms with Gasteiger partial charge in [0.1, 0.15) is 0 Å². The Morgan fingerprint density at radius 2 is 2.05 bits per heavy atom. The normalized spacial score (nSPS) is 16.5. The van der Waals surface area contributed by atoms with Crippen LogP contribution in [0.3, 0.4) is 0 Å². The van der Waals surface area contributed by atoms with E-state index in [2.05, 4.69) is 35.0 Å². The topological polar surface area (TPSA) is 17.0 Å². The smallest absolute Gasteiger partial charge is 0.0497 e. The zero-order chi connectivity index (χ0) is 13.2. The van der Waals surface area contributed by atoms with Gasteiger partial charge in [-0.3, -0.25) is 0 Å². The molecule has 1 heterocycles. The monoisotopic (exact) mass is 276 g/mol. The molecule has 0 bridgehead atoms. The number of hydrogen-bond acceptors (Lipinski definition) is 1. The van der Waals surface area contributed by atoms with E-state index >= 15 is 0 Å². The van der Waals surface area contributed by atoms with Gasteiger partial charge in [-0.05, 0) is 38.0 Å². The van der Waals surface area contributed by atoms with Crippen LogP contribution < -0.4 is 5.32 Å². The quantitative estimate of drug-likeness (QED) is 0.879. The predicted octanol–water partition coefficient (Wildman–Crippen LogP) is 4.35. The van der Waals surface area contributed by atoms with Crippen molar-refractivity contribution in [2.24, 2.45) is 0 Å². The Balaban J connectivity index is 1.85. The fraction of sp³-hybridized carbons (Fsp3) is 0.500. The van der Waals surface area contributed by atoms with Gasteiger partial charge in [0.05, 0.1) is 0 Å². The van der Waals surface area contributed by atoms with E-state index in [1.165, 1.54) is 42.3 Å². The van der Waals surface area contributed by atoms with Crippen molar-refractivity contribution in [2.45, 2.75) is 51.7 Å². The van der Waals surface area contributed by atoms with Crippen LogP contribution >= 0.6 is 11.6 Å². The highest BCUT2D eigenvalue weighted by Crippen LogP contribution is 2.24. The third-order valence-electron chi connectivity index (χ3n) is 4.20. The molecular formula is C16H21ClN2. The van der Waals surface area contributed by atoms with E-state index in [1.54, 1.807) is 0 Å². The van der Waals surface area contributed by atoms with Gasteiger partial charge in [0, 0.05) is 40.8 Å². The largest absolute Gasteiger partial charge is 0.344 e. The molecule has 0 aliphatic heterocycles. The summed E-state index contributed by atoms with van der Waals surface area (Å²) < 4.78 is 2.36. The van der Waals surface area contributed by atoms with Crippen molar-refractivity contribution in [3.8, 4) is 0 Å². The molecule has 0 radical (unpaired) electrons. The molecule has 0 unspecified atom stereocenters. The minimum Gasteiger partial charge on any atom is -0.344 e. The third-order valence-corrected chi connectivity index (χ3v) is 4.43. The number of aromatic nitrogens is 1. The lowest BCUT2D eigenvalue weighted by atomic mass is 10.2. The molecule has 1 aliphatic rings. The molecule has 1 aromatic heterocycles. The molecule has 0 saturated heterocycles. The maximum Gasteiger partial charge on any atom is 0.0497 e. The summed E-state index contributed by atoms with van der Waals surface area (Å²) in [5.41, 5.74) is 2.62. The molecule has 1 aliphatic carbocycles. The Labute approximate surface area is 119 Å². The van der Waals surface area contributed by atoms with Crippen LogP contribution in [0.5, 0.6) is 0 Å². The summed E-state index contributed by atoms with van der Waals surface area (Å²) >= 11 is 6.11. The average Bonchev–Trinajstić information content (AvgIpc) is 3.02. The molecule has 19 heavy (non-hydrogen) atoms. The number of aryl methyl sites for hydroxylation is 1. The van der Waals surface area contributed by atoms with E-state index < -0.39 is 0 Å². The first-order chi connectivity index (χ1) is 9.28. The van der Waals surface area contributed by atoms with E-state index in [9.17, 15) is 0 Å². The third kappa shape index (κ3) is 2.65. The Morgan fingerprint density at radius 3 is 2.79 bits per heavy atom. The van der Waals surface area contributed by atoms with E-state index in [4.69, 9.17) is 11.6 Å².